The Labute approximate surface area is 147 Å². The number of thioether (sulfide) groups is 1. The van der Waals surface area contributed by atoms with Gasteiger partial charge in [0.25, 0.3) is 11.1 Å². The standard InChI is InChI=1S/C16H12Cl2N2O2S/c17-12-7-6-11(14(18)8-12)10-23-16-20-19-15(22-16)9-21-13-4-2-1-3-5-13/h1-8H,9-10H2. The summed E-state index contributed by atoms with van der Waals surface area (Å²) in [5.41, 5.74) is 0.960. The molecule has 0 aliphatic rings. The van der Waals surface area contributed by atoms with Crippen LogP contribution in [0.4, 0.5) is 0 Å². The van der Waals surface area contributed by atoms with E-state index in [4.69, 9.17) is 32.4 Å². The highest BCUT2D eigenvalue weighted by Gasteiger charge is 2.09. The number of nitrogens with zero attached hydrogens (tertiary/aromatic N) is 2. The van der Waals surface area contributed by atoms with E-state index in [9.17, 15) is 0 Å². The van der Waals surface area contributed by atoms with Gasteiger partial charge in [0.05, 0.1) is 0 Å². The van der Waals surface area contributed by atoms with Gasteiger partial charge in [0, 0.05) is 15.8 Å². The highest BCUT2D eigenvalue weighted by molar-refractivity contribution is 7.98. The van der Waals surface area contributed by atoms with Crippen LogP contribution in [0.15, 0.2) is 58.2 Å². The Kier molecular flexibility index (Phi) is 5.43. The maximum Gasteiger partial charge on any atom is 0.277 e. The Hall–Kier alpha value is -1.69. The molecule has 1 heterocycles. The first-order valence-corrected chi connectivity index (χ1v) is 8.52. The zero-order valence-corrected chi connectivity index (χ0v) is 14.2. The SMILES string of the molecule is Clc1ccc(CSc2nnc(COc3ccccc3)o2)c(Cl)c1. The molecule has 3 rings (SSSR count). The van der Waals surface area contributed by atoms with Crippen molar-refractivity contribution in [2.45, 2.75) is 17.6 Å². The van der Waals surface area contributed by atoms with Crippen molar-refractivity contribution in [2.75, 3.05) is 0 Å². The van der Waals surface area contributed by atoms with Gasteiger partial charge in [-0.1, -0.05) is 59.2 Å². The van der Waals surface area contributed by atoms with E-state index in [1.165, 1.54) is 11.8 Å². The maximum absolute atomic E-state index is 6.13. The van der Waals surface area contributed by atoms with Crippen LogP contribution in [-0.4, -0.2) is 10.2 Å². The van der Waals surface area contributed by atoms with E-state index >= 15 is 0 Å². The fourth-order valence-corrected chi connectivity index (χ4v) is 3.13. The molecule has 0 atom stereocenters. The monoisotopic (exact) mass is 366 g/mol. The maximum atomic E-state index is 6.13. The number of para-hydroxylation sites is 1. The van der Waals surface area contributed by atoms with Crippen molar-refractivity contribution in [3.8, 4) is 5.75 Å². The number of aromatic nitrogens is 2. The Bertz CT molecular complexity index is 781. The van der Waals surface area contributed by atoms with Crippen LogP contribution in [0.25, 0.3) is 0 Å². The minimum absolute atomic E-state index is 0.235. The van der Waals surface area contributed by atoms with Crippen molar-refractivity contribution in [2.24, 2.45) is 0 Å². The first kappa shape index (κ1) is 16.2. The molecule has 118 valence electrons. The molecule has 0 spiro atoms. The molecule has 0 saturated heterocycles. The van der Waals surface area contributed by atoms with E-state index < -0.39 is 0 Å². The number of rotatable bonds is 6. The summed E-state index contributed by atoms with van der Waals surface area (Å²) >= 11 is 13.4. The van der Waals surface area contributed by atoms with Crippen LogP contribution in [-0.2, 0) is 12.4 Å². The van der Waals surface area contributed by atoms with Crippen molar-refractivity contribution >= 4 is 35.0 Å². The van der Waals surface area contributed by atoms with Gasteiger partial charge in [-0.2, -0.15) is 0 Å². The van der Waals surface area contributed by atoms with Gasteiger partial charge in [0.15, 0.2) is 6.61 Å². The molecule has 1 aromatic heterocycles. The van der Waals surface area contributed by atoms with Crippen LogP contribution < -0.4 is 4.74 Å². The largest absolute Gasteiger partial charge is 0.484 e. The van der Waals surface area contributed by atoms with E-state index in [0.29, 0.717) is 26.9 Å². The molecule has 0 N–H and O–H groups in total. The fraction of sp³-hybridized carbons (Fsp3) is 0.125. The second-order valence-electron chi connectivity index (χ2n) is 4.59. The van der Waals surface area contributed by atoms with Crippen LogP contribution >= 0.6 is 35.0 Å². The summed E-state index contributed by atoms with van der Waals surface area (Å²) in [6.45, 7) is 0.235. The van der Waals surface area contributed by atoms with E-state index in [1.807, 2.05) is 36.4 Å². The molecule has 7 heteroatoms. The van der Waals surface area contributed by atoms with Gasteiger partial charge in [-0.15, -0.1) is 10.2 Å². The minimum atomic E-state index is 0.235. The summed E-state index contributed by atoms with van der Waals surface area (Å²) in [7, 11) is 0. The van der Waals surface area contributed by atoms with Gasteiger partial charge in [-0.25, -0.2) is 0 Å². The predicted molar refractivity (Wildman–Crippen MR) is 91.1 cm³/mol. The summed E-state index contributed by atoms with van der Waals surface area (Å²) in [6.07, 6.45) is 0. The molecule has 0 aliphatic carbocycles. The summed E-state index contributed by atoms with van der Waals surface area (Å²) in [5, 5.41) is 9.66. The van der Waals surface area contributed by atoms with E-state index in [-0.39, 0.29) is 6.61 Å². The van der Waals surface area contributed by atoms with Gasteiger partial charge in [-0.05, 0) is 29.8 Å². The predicted octanol–water partition coefficient (Wildman–Crippen LogP) is 5.25. The fourth-order valence-electron chi connectivity index (χ4n) is 1.79. The van der Waals surface area contributed by atoms with Gasteiger partial charge in [0.1, 0.15) is 5.75 Å². The van der Waals surface area contributed by atoms with Crippen molar-refractivity contribution in [1.82, 2.24) is 10.2 Å². The number of benzene rings is 2. The summed E-state index contributed by atoms with van der Waals surface area (Å²) in [4.78, 5) is 0. The third-order valence-electron chi connectivity index (χ3n) is 2.92. The minimum Gasteiger partial charge on any atom is -0.484 e. The summed E-state index contributed by atoms with van der Waals surface area (Å²) in [5.74, 6) is 1.81. The molecule has 0 radical (unpaired) electrons. The highest BCUT2D eigenvalue weighted by atomic mass is 35.5. The average molecular weight is 367 g/mol. The molecule has 3 aromatic rings. The molecular formula is C16H12Cl2N2O2S. The second kappa shape index (κ2) is 7.73. The number of hydrogen-bond acceptors (Lipinski definition) is 5. The molecular weight excluding hydrogens is 355 g/mol. The summed E-state index contributed by atoms with van der Waals surface area (Å²) < 4.78 is 11.1. The average Bonchev–Trinajstić information content (AvgIpc) is 3.01. The molecule has 0 saturated carbocycles. The molecule has 2 aromatic carbocycles. The van der Waals surface area contributed by atoms with E-state index in [1.54, 1.807) is 12.1 Å². The van der Waals surface area contributed by atoms with E-state index in [0.717, 1.165) is 11.3 Å². The second-order valence-corrected chi connectivity index (χ2v) is 6.36. The van der Waals surface area contributed by atoms with Crippen molar-refractivity contribution in [3.63, 3.8) is 0 Å². The first-order valence-electron chi connectivity index (χ1n) is 6.77. The van der Waals surface area contributed by atoms with Crippen molar-refractivity contribution < 1.29 is 9.15 Å². The zero-order chi connectivity index (χ0) is 16.1. The van der Waals surface area contributed by atoms with Crippen LogP contribution in [0.2, 0.25) is 10.0 Å². The summed E-state index contributed by atoms with van der Waals surface area (Å²) in [6, 6.07) is 14.9. The lowest BCUT2D eigenvalue weighted by Gasteiger charge is -2.02. The lowest BCUT2D eigenvalue weighted by atomic mass is 10.2. The Balaban J connectivity index is 1.55. The molecule has 0 unspecified atom stereocenters. The molecule has 0 amide bonds. The molecule has 23 heavy (non-hydrogen) atoms. The Morgan fingerprint density at radius 1 is 1.04 bits per heavy atom. The lowest BCUT2D eigenvalue weighted by Crippen LogP contribution is -1.95. The van der Waals surface area contributed by atoms with Crippen LogP contribution in [0, 0.1) is 0 Å². The van der Waals surface area contributed by atoms with E-state index in [2.05, 4.69) is 10.2 Å². The first-order chi connectivity index (χ1) is 11.2. The smallest absolute Gasteiger partial charge is 0.277 e. The molecule has 0 bridgehead atoms. The lowest BCUT2D eigenvalue weighted by molar-refractivity contribution is 0.252. The van der Waals surface area contributed by atoms with Crippen LogP contribution in [0.5, 0.6) is 5.75 Å². The van der Waals surface area contributed by atoms with Crippen molar-refractivity contribution in [3.05, 3.63) is 70.0 Å². The molecule has 4 nitrogen and oxygen atoms in total. The Morgan fingerprint density at radius 2 is 1.87 bits per heavy atom. The third kappa shape index (κ3) is 4.64. The van der Waals surface area contributed by atoms with Gasteiger partial charge in [0.2, 0.25) is 0 Å². The van der Waals surface area contributed by atoms with Crippen LogP contribution in [0.3, 0.4) is 0 Å². The number of halogens is 2. The Morgan fingerprint density at radius 3 is 2.65 bits per heavy atom. The third-order valence-corrected chi connectivity index (χ3v) is 4.37. The van der Waals surface area contributed by atoms with Gasteiger partial charge >= 0.3 is 0 Å². The normalized spacial score (nSPS) is 10.7. The van der Waals surface area contributed by atoms with Gasteiger partial charge in [-0.3, -0.25) is 0 Å². The number of hydrogen-bond donors (Lipinski definition) is 0. The van der Waals surface area contributed by atoms with Crippen LogP contribution in [0.1, 0.15) is 11.5 Å². The number of ether oxygens (including phenoxy) is 1. The zero-order valence-electron chi connectivity index (χ0n) is 11.9. The molecule has 0 aliphatic heterocycles. The van der Waals surface area contributed by atoms with Crippen molar-refractivity contribution in [1.29, 1.82) is 0 Å². The highest BCUT2D eigenvalue weighted by Crippen LogP contribution is 2.28. The molecule has 0 fully saturated rings. The quantitative estimate of drug-likeness (QED) is 0.557. The topological polar surface area (TPSA) is 48.2 Å². The van der Waals surface area contributed by atoms with Gasteiger partial charge < -0.3 is 9.15 Å².